The molecule has 2 N–H and O–H groups in total. The predicted octanol–water partition coefficient (Wildman–Crippen LogP) is 4.53. The zero-order valence-electron chi connectivity index (χ0n) is 14.2. The first-order valence-electron chi connectivity index (χ1n) is 7.78. The summed E-state index contributed by atoms with van der Waals surface area (Å²) in [5.41, 5.74) is -1.38. The fourth-order valence-electron chi connectivity index (χ4n) is 1.96. The molecule has 0 unspecified atom stereocenters. The molecule has 1 radical (unpaired) electrons. The normalized spacial score (nSPS) is 12.5. The van der Waals surface area contributed by atoms with E-state index in [1.807, 2.05) is 32.7 Å². The van der Waals surface area contributed by atoms with Crippen LogP contribution in [0.4, 0.5) is 0 Å². The second-order valence-corrected chi connectivity index (χ2v) is 9.87. The highest BCUT2D eigenvalue weighted by Gasteiger charge is 2.41. The first-order valence-corrected chi connectivity index (χ1v) is 10.3. The molecule has 125 valence electrons. The van der Waals surface area contributed by atoms with Crippen LogP contribution in [0.25, 0.3) is 19.5 Å². The first kappa shape index (κ1) is 17.9. The molecule has 0 aliphatic carbocycles. The Kier molecular flexibility index (Phi) is 5.05. The van der Waals surface area contributed by atoms with Gasteiger partial charge in [0.15, 0.2) is 5.60 Å². The van der Waals surface area contributed by atoms with Crippen molar-refractivity contribution in [2.45, 2.75) is 38.9 Å². The van der Waals surface area contributed by atoms with Gasteiger partial charge in [0, 0.05) is 33.4 Å². The minimum absolute atomic E-state index is 0.521. The van der Waals surface area contributed by atoms with Crippen LogP contribution >= 0.6 is 34.0 Å². The van der Waals surface area contributed by atoms with Gasteiger partial charge < -0.3 is 9.76 Å². The summed E-state index contributed by atoms with van der Waals surface area (Å²) in [6.07, 6.45) is 0. The third-order valence-corrected chi connectivity index (χ3v) is 7.62. The Morgan fingerprint density at radius 1 is 0.875 bits per heavy atom. The Balaban J connectivity index is 1.70. The van der Waals surface area contributed by atoms with Crippen molar-refractivity contribution >= 4 is 46.3 Å². The largest absolute Gasteiger partial charge is 0.636 e. The molecule has 6 heteroatoms. The summed E-state index contributed by atoms with van der Waals surface area (Å²) >= 11 is 5.32. The standard InChI is InChI=1S/C18H21BO2S3/c1-17(2,20)18(3,4)21-19-16-10-9-15(24-16)14-8-7-13(23-14)12-6-5-11-22-12/h5-11,20-21H,1-4H3/q+1. The Morgan fingerprint density at radius 3 is 2.12 bits per heavy atom. The summed E-state index contributed by atoms with van der Waals surface area (Å²) in [7, 11) is 1.87. The van der Waals surface area contributed by atoms with Crippen molar-refractivity contribution in [3.63, 3.8) is 0 Å². The molecule has 0 saturated carbocycles. The third-order valence-electron chi connectivity index (χ3n) is 4.25. The molecule has 2 nitrogen and oxygen atoms in total. The lowest BCUT2D eigenvalue weighted by Gasteiger charge is -2.33. The lowest BCUT2D eigenvalue weighted by Crippen LogP contribution is -2.51. The second kappa shape index (κ2) is 6.77. The monoisotopic (exact) mass is 376 g/mol. The fourth-order valence-corrected chi connectivity index (χ4v) is 4.77. The van der Waals surface area contributed by atoms with Gasteiger partial charge in [0.2, 0.25) is 0 Å². The summed E-state index contributed by atoms with van der Waals surface area (Å²) in [4.78, 5) is 5.17. The topological polar surface area (TPSA) is 33.0 Å². The van der Waals surface area contributed by atoms with Gasteiger partial charge in [0.1, 0.15) is 5.60 Å². The molecule has 0 atom stereocenters. The number of hydrogen-bond acceptors (Lipinski definition) is 4. The van der Waals surface area contributed by atoms with Crippen molar-refractivity contribution in [3.05, 3.63) is 41.8 Å². The van der Waals surface area contributed by atoms with Gasteiger partial charge in [-0.3, -0.25) is 0 Å². The summed E-state index contributed by atoms with van der Waals surface area (Å²) in [5, 5.41) is 12.3. The highest BCUT2D eigenvalue weighted by Crippen LogP contribution is 2.37. The van der Waals surface area contributed by atoms with Crippen molar-refractivity contribution in [1.82, 2.24) is 0 Å². The van der Waals surface area contributed by atoms with E-state index < -0.39 is 11.2 Å². The van der Waals surface area contributed by atoms with Crippen LogP contribution in [0.1, 0.15) is 27.7 Å². The van der Waals surface area contributed by atoms with Crippen LogP contribution in [0, 0.1) is 0 Å². The zero-order chi connectivity index (χ0) is 17.4. The molecule has 3 aromatic heterocycles. The quantitative estimate of drug-likeness (QED) is 0.498. The van der Waals surface area contributed by atoms with Crippen LogP contribution in [-0.2, 0) is 0 Å². The Bertz CT molecular complexity index is 794. The van der Waals surface area contributed by atoms with Gasteiger partial charge in [0.05, 0.1) is 4.78 Å². The van der Waals surface area contributed by atoms with E-state index in [1.54, 1.807) is 36.5 Å². The smallest absolute Gasteiger partial charge is 0.530 e. The molecule has 24 heavy (non-hydrogen) atoms. The maximum Gasteiger partial charge on any atom is 0.636 e. The van der Waals surface area contributed by atoms with Crippen molar-refractivity contribution in [2.24, 2.45) is 0 Å². The molecule has 0 saturated heterocycles. The molecule has 0 bridgehead atoms. The average Bonchev–Trinajstić information content (AvgIpc) is 3.23. The predicted molar refractivity (Wildman–Crippen MR) is 109 cm³/mol. The maximum absolute atomic E-state index is 10.2. The summed E-state index contributed by atoms with van der Waals surface area (Å²) in [6.45, 7) is 7.49. The van der Waals surface area contributed by atoms with E-state index in [9.17, 15) is 5.11 Å². The van der Waals surface area contributed by atoms with Gasteiger partial charge in [-0.15, -0.1) is 34.0 Å². The van der Waals surface area contributed by atoms with Crippen molar-refractivity contribution < 1.29 is 9.76 Å². The summed E-state index contributed by atoms with van der Waals surface area (Å²) in [5.74, 6) is 0. The molecule has 0 amide bonds. The average molecular weight is 376 g/mol. The number of rotatable bonds is 6. The lowest BCUT2D eigenvalue weighted by molar-refractivity contribution is -0.157. The molecule has 3 aromatic rings. The van der Waals surface area contributed by atoms with E-state index in [1.165, 1.54) is 19.5 Å². The minimum Gasteiger partial charge on any atom is -0.530 e. The fraction of sp³-hybridized carbons (Fsp3) is 0.333. The van der Waals surface area contributed by atoms with Gasteiger partial charge in [-0.1, -0.05) is 6.07 Å². The van der Waals surface area contributed by atoms with Crippen LogP contribution < -0.4 is 4.78 Å². The molecule has 0 aromatic carbocycles. The number of aliphatic hydroxyl groups is 2. The Hall–Kier alpha value is -0.915. The van der Waals surface area contributed by atoms with Gasteiger partial charge in [-0.05, 0) is 49.6 Å². The summed E-state index contributed by atoms with van der Waals surface area (Å²) < 4.78 is 5.70. The van der Waals surface area contributed by atoms with Crippen molar-refractivity contribution in [3.8, 4) is 19.5 Å². The molecule has 3 rings (SSSR count). The Labute approximate surface area is 156 Å². The van der Waals surface area contributed by atoms with Crippen molar-refractivity contribution in [1.29, 1.82) is 0 Å². The van der Waals surface area contributed by atoms with Crippen LogP contribution in [-0.4, -0.2) is 28.4 Å². The van der Waals surface area contributed by atoms with Gasteiger partial charge in [-0.2, -0.15) is 0 Å². The molecular formula is C18H21BO2S3+. The SMILES string of the molecule is CC(C)(O)C(C)(C)[OH+][B]c1ccc(-c2ccc(-c3cccs3)s2)s1. The van der Waals surface area contributed by atoms with Crippen LogP contribution in [0.15, 0.2) is 41.8 Å². The van der Waals surface area contributed by atoms with E-state index >= 15 is 0 Å². The Morgan fingerprint density at radius 2 is 1.50 bits per heavy atom. The van der Waals surface area contributed by atoms with E-state index in [4.69, 9.17) is 0 Å². The van der Waals surface area contributed by atoms with Crippen LogP contribution in [0.3, 0.4) is 0 Å². The van der Waals surface area contributed by atoms with Crippen LogP contribution in [0.2, 0.25) is 0 Å². The second-order valence-electron chi connectivity index (χ2n) is 6.72. The maximum atomic E-state index is 10.2. The summed E-state index contributed by atoms with van der Waals surface area (Å²) in [6, 6.07) is 12.9. The minimum atomic E-state index is -0.854. The molecule has 0 spiro atoms. The third kappa shape index (κ3) is 3.84. The van der Waals surface area contributed by atoms with E-state index in [0.717, 1.165) is 4.78 Å². The molecule has 0 aliphatic heterocycles. The van der Waals surface area contributed by atoms with E-state index in [2.05, 4.69) is 46.4 Å². The van der Waals surface area contributed by atoms with Gasteiger partial charge in [0.25, 0.3) is 0 Å². The lowest BCUT2D eigenvalue weighted by atomic mass is 9.86. The number of thiophene rings is 3. The highest BCUT2D eigenvalue weighted by molar-refractivity contribution is 7.28. The van der Waals surface area contributed by atoms with Crippen LogP contribution in [0.5, 0.6) is 0 Å². The number of hydrogen-bond donors (Lipinski definition) is 1. The van der Waals surface area contributed by atoms with Gasteiger partial charge in [-0.25, -0.2) is 0 Å². The molecule has 0 fully saturated rings. The highest BCUT2D eigenvalue weighted by atomic mass is 32.1. The van der Waals surface area contributed by atoms with Crippen molar-refractivity contribution in [2.75, 3.05) is 0 Å². The molecular weight excluding hydrogens is 355 g/mol. The zero-order valence-corrected chi connectivity index (χ0v) is 16.7. The van der Waals surface area contributed by atoms with E-state index in [0.29, 0.717) is 0 Å². The molecule has 0 aliphatic rings. The van der Waals surface area contributed by atoms with E-state index in [-0.39, 0.29) is 0 Å². The first-order chi connectivity index (χ1) is 11.3. The molecule has 3 heterocycles. The van der Waals surface area contributed by atoms with Gasteiger partial charge >= 0.3 is 7.48 Å².